The Morgan fingerprint density at radius 1 is 0.676 bits per heavy atom. The van der Waals surface area contributed by atoms with Gasteiger partial charge in [-0.2, -0.15) is 10.5 Å². The number of nitriles is 2. The highest BCUT2D eigenvalue weighted by molar-refractivity contribution is 7.85. The summed E-state index contributed by atoms with van der Waals surface area (Å²) in [4.78, 5) is 3.86. The van der Waals surface area contributed by atoms with Crippen molar-refractivity contribution in [3.8, 4) is 34.4 Å². The van der Waals surface area contributed by atoms with Gasteiger partial charge in [0.1, 0.15) is 0 Å². The van der Waals surface area contributed by atoms with Gasteiger partial charge in [0.15, 0.2) is 0 Å². The average molecular weight is 502 g/mol. The summed E-state index contributed by atoms with van der Waals surface area (Å²) in [6, 6.07) is 31.7. The molecule has 5 rings (SSSR count). The molecule has 4 aromatic rings. The zero-order valence-corrected chi connectivity index (χ0v) is 21.6. The van der Waals surface area contributed by atoms with Crippen LogP contribution < -0.4 is 4.90 Å². The summed E-state index contributed by atoms with van der Waals surface area (Å²) in [5, 5.41) is 18.7. The van der Waals surface area contributed by atoms with Crippen molar-refractivity contribution in [3.05, 3.63) is 96.1 Å². The molecule has 0 amide bonds. The summed E-state index contributed by atoms with van der Waals surface area (Å²) in [5.74, 6) is 0. The van der Waals surface area contributed by atoms with E-state index in [4.69, 9.17) is 0 Å². The van der Waals surface area contributed by atoms with Gasteiger partial charge in [-0.15, -0.1) is 0 Å². The molecule has 1 aliphatic rings. The normalized spacial score (nSPS) is 12.4. The molecule has 0 atom stereocenters. The van der Waals surface area contributed by atoms with Crippen molar-refractivity contribution in [2.24, 2.45) is 0 Å². The van der Waals surface area contributed by atoms with Crippen molar-refractivity contribution in [2.75, 3.05) is 11.4 Å². The molecule has 0 aromatic heterocycles. The van der Waals surface area contributed by atoms with Gasteiger partial charge in [0.25, 0.3) is 0 Å². The van der Waals surface area contributed by atoms with Crippen LogP contribution in [0.4, 0.5) is 11.4 Å². The van der Waals surface area contributed by atoms with Gasteiger partial charge in [-0.05, 0) is 77.2 Å². The minimum Gasteiger partial charge on any atom is -0.339 e. The van der Waals surface area contributed by atoms with Gasteiger partial charge in [0.05, 0.1) is 55.2 Å². The highest BCUT2D eigenvalue weighted by Gasteiger charge is 2.29. The maximum Gasteiger partial charge on any atom is 0.0991 e. The molecular formula is C32H27N3OS. The van der Waals surface area contributed by atoms with Gasteiger partial charge in [-0.1, -0.05) is 62.6 Å². The molecule has 0 radical (unpaired) electrons. The number of hydrogen-bond acceptors (Lipinski definition) is 4. The van der Waals surface area contributed by atoms with Crippen LogP contribution in [-0.2, 0) is 10.8 Å². The molecule has 182 valence electrons. The molecule has 0 unspecified atom stereocenters. The Kier molecular flexibility index (Phi) is 7.17. The van der Waals surface area contributed by atoms with Crippen LogP contribution in [0.3, 0.4) is 0 Å². The third kappa shape index (κ3) is 4.92. The van der Waals surface area contributed by atoms with E-state index in [0.717, 1.165) is 62.8 Å². The number of benzene rings is 4. The highest BCUT2D eigenvalue weighted by Crippen LogP contribution is 2.45. The lowest BCUT2D eigenvalue weighted by molar-refractivity contribution is 0.661. The third-order valence-corrected chi connectivity index (χ3v) is 8.24. The molecule has 4 nitrogen and oxygen atoms in total. The Morgan fingerprint density at radius 2 is 1.19 bits per heavy atom. The van der Waals surface area contributed by atoms with Crippen molar-refractivity contribution >= 4 is 22.2 Å². The van der Waals surface area contributed by atoms with Crippen molar-refractivity contribution < 1.29 is 4.21 Å². The van der Waals surface area contributed by atoms with Crippen LogP contribution in [0.5, 0.6) is 0 Å². The van der Waals surface area contributed by atoms with Crippen LogP contribution in [0.25, 0.3) is 22.3 Å². The topological polar surface area (TPSA) is 67.9 Å². The predicted molar refractivity (Wildman–Crippen MR) is 149 cm³/mol. The lowest BCUT2D eigenvalue weighted by Gasteiger charge is -2.33. The first-order chi connectivity index (χ1) is 18.1. The summed E-state index contributed by atoms with van der Waals surface area (Å²) in [7, 11) is -1.37. The second-order valence-electron chi connectivity index (χ2n) is 9.23. The first kappa shape index (κ1) is 24.5. The summed E-state index contributed by atoms with van der Waals surface area (Å²) in [6.07, 6.45) is 4.57. The van der Waals surface area contributed by atoms with Crippen molar-refractivity contribution in [2.45, 2.75) is 42.4 Å². The standard InChI is InChI=1S/C32H27N3OS/c1-2-3-4-5-16-35-29-14-12-27(25-10-6-8-23(17-25)21-33)19-31(29)37(36)32-20-28(13-15-30(32)35)26-11-7-9-24(18-26)22-34/h6-15,17-20H,2-5,16H2,1H3. The molecule has 0 bridgehead atoms. The van der Waals surface area contributed by atoms with Gasteiger partial charge in [0, 0.05) is 6.54 Å². The maximum absolute atomic E-state index is 14.0. The molecule has 37 heavy (non-hydrogen) atoms. The zero-order chi connectivity index (χ0) is 25.8. The largest absolute Gasteiger partial charge is 0.339 e. The quantitative estimate of drug-likeness (QED) is 0.241. The summed E-state index contributed by atoms with van der Waals surface area (Å²) < 4.78 is 14.0. The molecule has 0 N–H and O–H groups in total. The Balaban J connectivity index is 1.60. The summed E-state index contributed by atoms with van der Waals surface area (Å²) >= 11 is 0. The Hall–Kier alpha value is -4.19. The highest BCUT2D eigenvalue weighted by atomic mass is 32.2. The van der Waals surface area contributed by atoms with Crippen LogP contribution in [0.2, 0.25) is 0 Å². The van der Waals surface area contributed by atoms with E-state index < -0.39 is 10.8 Å². The Labute approximate surface area is 220 Å². The fraction of sp³-hybridized carbons (Fsp3) is 0.188. The fourth-order valence-corrected chi connectivity index (χ4v) is 6.29. The molecule has 0 saturated carbocycles. The van der Waals surface area contributed by atoms with E-state index in [-0.39, 0.29) is 0 Å². The second kappa shape index (κ2) is 10.8. The fourth-order valence-electron chi connectivity index (χ4n) is 4.85. The molecule has 0 spiro atoms. The molecule has 1 heterocycles. The number of nitrogens with zero attached hydrogens (tertiary/aromatic N) is 3. The van der Waals surface area contributed by atoms with Gasteiger partial charge in [-0.25, -0.2) is 4.21 Å². The smallest absolute Gasteiger partial charge is 0.0991 e. The summed E-state index contributed by atoms with van der Waals surface area (Å²) in [5.41, 5.74) is 6.89. The number of hydrogen-bond donors (Lipinski definition) is 0. The van der Waals surface area contributed by atoms with E-state index in [1.54, 1.807) is 12.1 Å². The van der Waals surface area contributed by atoms with Crippen LogP contribution in [-0.4, -0.2) is 10.8 Å². The Morgan fingerprint density at radius 3 is 1.68 bits per heavy atom. The van der Waals surface area contributed by atoms with Crippen LogP contribution in [0.15, 0.2) is 94.7 Å². The van der Waals surface area contributed by atoms with E-state index in [2.05, 4.69) is 48.2 Å². The molecule has 0 saturated heterocycles. The van der Waals surface area contributed by atoms with Crippen molar-refractivity contribution in [1.29, 1.82) is 10.5 Å². The first-order valence-corrected chi connectivity index (χ1v) is 13.8. The Bertz CT molecular complexity index is 1470. The van der Waals surface area contributed by atoms with Crippen molar-refractivity contribution in [1.82, 2.24) is 0 Å². The molecule has 1 aliphatic heterocycles. The lowest BCUT2D eigenvalue weighted by atomic mass is 10.0. The number of unbranched alkanes of at least 4 members (excludes halogenated alkanes) is 3. The van der Waals surface area contributed by atoms with E-state index in [0.29, 0.717) is 11.1 Å². The van der Waals surface area contributed by atoms with E-state index in [9.17, 15) is 14.7 Å². The molecular weight excluding hydrogens is 474 g/mol. The second-order valence-corrected chi connectivity index (χ2v) is 10.6. The number of anilines is 2. The number of rotatable bonds is 7. The molecule has 0 aliphatic carbocycles. The van der Waals surface area contributed by atoms with E-state index in [1.807, 2.05) is 48.5 Å². The lowest BCUT2D eigenvalue weighted by Crippen LogP contribution is -2.25. The first-order valence-electron chi connectivity index (χ1n) is 12.6. The van der Waals surface area contributed by atoms with Crippen LogP contribution >= 0.6 is 0 Å². The summed E-state index contributed by atoms with van der Waals surface area (Å²) in [6.45, 7) is 3.06. The van der Waals surface area contributed by atoms with E-state index >= 15 is 0 Å². The molecule has 5 heteroatoms. The predicted octanol–water partition coefficient (Wildman–Crippen LogP) is 7.96. The molecule has 4 aromatic carbocycles. The van der Waals surface area contributed by atoms with Crippen LogP contribution in [0.1, 0.15) is 43.7 Å². The van der Waals surface area contributed by atoms with Crippen LogP contribution in [0, 0.1) is 22.7 Å². The minimum atomic E-state index is -1.37. The molecule has 0 fully saturated rings. The monoisotopic (exact) mass is 501 g/mol. The third-order valence-electron chi connectivity index (χ3n) is 6.79. The van der Waals surface area contributed by atoms with Gasteiger partial charge in [-0.3, -0.25) is 0 Å². The van der Waals surface area contributed by atoms with Gasteiger partial charge >= 0.3 is 0 Å². The minimum absolute atomic E-state index is 0.600. The number of fused-ring (bicyclic) bond motifs is 2. The average Bonchev–Trinajstić information content (AvgIpc) is 2.96. The zero-order valence-electron chi connectivity index (χ0n) is 20.8. The van der Waals surface area contributed by atoms with Gasteiger partial charge in [0.2, 0.25) is 0 Å². The SMILES string of the molecule is CCCCCCN1c2ccc(-c3cccc(C#N)c3)cc2S(=O)c2cc(-c3cccc(C#N)c3)ccc21. The van der Waals surface area contributed by atoms with Gasteiger partial charge < -0.3 is 4.90 Å². The van der Waals surface area contributed by atoms with Crippen molar-refractivity contribution in [3.63, 3.8) is 0 Å². The maximum atomic E-state index is 14.0. The van der Waals surface area contributed by atoms with E-state index in [1.165, 1.54) is 12.8 Å².